The summed E-state index contributed by atoms with van der Waals surface area (Å²) in [4.78, 5) is 32.2. The average molecular weight is 387 g/mol. The second-order valence-corrected chi connectivity index (χ2v) is 7.47. The van der Waals surface area contributed by atoms with Gasteiger partial charge >= 0.3 is 0 Å². The highest BCUT2D eigenvalue weighted by Crippen LogP contribution is 2.22. The second kappa shape index (κ2) is 6.86. The average Bonchev–Trinajstić information content (AvgIpc) is 3.18. The predicted octanol–water partition coefficient (Wildman–Crippen LogP) is 2.23. The van der Waals surface area contributed by atoms with Crippen LogP contribution in [0.2, 0.25) is 0 Å². The molecule has 3 heterocycles. The fourth-order valence-electron chi connectivity index (χ4n) is 3.83. The predicted molar refractivity (Wildman–Crippen MR) is 112 cm³/mol. The Balaban J connectivity index is 1.54. The van der Waals surface area contributed by atoms with Crippen LogP contribution in [0.3, 0.4) is 0 Å². The van der Waals surface area contributed by atoms with Gasteiger partial charge in [0.1, 0.15) is 5.65 Å². The van der Waals surface area contributed by atoms with E-state index in [4.69, 9.17) is 5.10 Å². The molecule has 2 aromatic carbocycles. The van der Waals surface area contributed by atoms with Crippen molar-refractivity contribution in [3.63, 3.8) is 0 Å². The van der Waals surface area contributed by atoms with Crippen LogP contribution in [-0.4, -0.2) is 63.5 Å². The molecule has 1 saturated heterocycles. The first-order valence-corrected chi connectivity index (χ1v) is 9.69. The van der Waals surface area contributed by atoms with Crippen molar-refractivity contribution in [1.82, 2.24) is 24.4 Å². The summed E-state index contributed by atoms with van der Waals surface area (Å²) in [6, 6.07) is 16.8. The number of aromatic amines is 1. The topological polar surface area (TPSA) is 73.7 Å². The van der Waals surface area contributed by atoms with Gasteiger partial charge < -0.3 is 14.8 Å². The highest BCUT2D eigenvalue weighted by atomic mass is 16.2. The summed E-state index contributed by atoms with van der Waals surface area (Å²) >= 11 is 0. The van der Waals surface area contributed by atoms with Crippen LogP contribution >= 0.6 is 0 Å². The van der Waals surface area contributed by atoms with Crippen molar-refractivity contribution < 1.29 is 4.79 Å². The minimum atomic E-state index is -0.140. The fraction of sp³-hybridized carbons (Fsp3) is 0.227. The Hall–Kier alpha value is -3.45. The molecule has 0 radical (unpaired) electrons. The van der Waals surface area contributed by atoms with Gasteiger partial charge in [0.05, 0.1) is 16.6 Å². The smallest absolute Gasteiger partial charge is 0.259 e. The molecule has 1 aliphatic rings. The molecule has 7 heteroatoms. The van der Waals surface area contributed by atoms with Crippen molar-refractivity contribution in [2.45, 2.75) is 0 Å². The lowest BCUT2D eigenvalue weighted by atomic mass is 10.1. The summed E-state index contributed by atoms with van der Waals surface area (Å²) in [6.07, 6.45) is 0. The Morgan fingerprint density at radius 1 is 1.00 bits per heavy atom. The molecule has 1 N–H and O–H groups in total. The molecule has 0 unspecified atom stereocenters. The molecular weight excluding hydrogens is 366 g/mol. The van der Waals surface area contributed by atoms with E-state index in [1.54, 1.807) is 10.6 Å². The van der Waals surface area contributed by atoms with Crippen LogP contribution < -0.4 is 5.56 Å². The van der Waals surface area contributed by atoms with E-state index in [0.717, 1.165) is 37.3 Å². The lowest BCUT2D eigenvalue weighted by molar-refractivity contribution is 0.0664. The van der Waals surface area contributed by atoms with Crippen molar-refractivity contribution in [2.75, 3.05) is 33.2 Å². The number of fused-ring (bicyclic) bond motifs is 3. The molecule has 0 bridgehead atoms. The van der Waals surface area contributed by atoms with E-state index in [-0.39, 0.29) is 11.5 Å². The molecule has 1 fully saturated rings. The monoisotopic (exact) mass is 387 g/mol. The van der Waals surface area contributed by atoms with Crippen LogP contribution in [0.15, 0.2) is 59.4 Å². The van der Waals surface area contributed by atoms with Gasteiger partial charge in [-0.15, -0.1) is 0 Å². The maximum Gasteiger partial charge on any atom is 0.259 e. The van der Waals surface area contributed by atoms with Gasteiger partial charge in [-0.2, -0.15) is 5.10 Å². The van der Waals surface area contributed by atoms with Gasteiger partial charge in [0, 0.05) is 43.4 Å². The van der Waals surface area contributed by atoms with Crippen LogP contribution in [0.1, 0.15) is 10.4 Å². The number of carbonyl (C=O) groups is 1. The van der Waals surface area contributed by atoms with E-state index in [1.165, 1.54) is 0 Å². The van der Waals surface area contributed by atoms with Crippen molar-refractivity contribution in [1.29, 1.82) is 0 Å². The largest absolute Gasteiger partial charge is 0.336 e. The molecule has 2 aromatic heterocycles. The number of carbonyl (C=O) groups excluding carboxylic acids is 1. The molecule has 7 nitrogen and oxygen atoms in total. The molecule has 5 rings (SSSR count). The van der Waals surface area contributed by atoms with E-state index in [9.17, 15) is 9.59 Å². The van der Waals surface area contributed by atoms with Crippen LogP contribution in [0.25, 0.3) is 27.8 Å². The molecule has 4 aromatic rings. The van der Waals surface area contributed by atoms with Gasteiger partial charge in [0.15, 0.2) is 0 Å². The second-order valence-electron chi connectivity index (χ2n) is 7.47. The van der Waals surface area contributed by atoms with E-state index in [1.807, 2.05) is 53.4 Å². The third kappa shape index (κ3) is 3.09. The van der Waals surface area contributed by atoms with Gasteiger partial charge in [-0.05, 0) is 31.3 Å². The van der Waals surface area contributed by atoms with Gasteiger partial charge in [0.25, 0.3) is 11.5 Å². The zero-order valence-electron chi connectivity index (χ0n) is 16.1. The maximum absolute atomic E-state index is 12.9. The minimum absolute atomic E-state index is 0.0440. The number of para-hydroxylation sites is 1. The Labute approximate surface area is 167 Å². The summed E-state index contributed by atoms with van der Waals surface area (Å²) in [5.41, 5.74) is 3.45. The van der Waals surface area contributed by atoms with Gasteiger partial charge in [-0.1, -0.05) is 24.3 Å². The Morgan fingerprint density at radius 2 is 1.79 bits per heavy atom. The van der Waals surface area contributed by atoms with E-state index < -0.39 is 0 Å². The zero-order chi connectivity index (χ0) is 20.0. The summed E-state index contributed by atoms with van der Waals surface area (Å²) < 4.78 is 1.74. The van der Waals surface area contributed by atoms with Crippen LogP contribution in [0.5, 0.6) is 0 Å². The number of aromatic nitrogens is 3. The lowest BCUT2D eigenvalue weighted by Gasteiger charge is -2.32. The van der Waals surface area contributed by atoms with Gasteiger partial charge in [0.2, 0.25) is 0 Å². The SMILES string of the molecule is CN1CCN(C(=O)c2cccc(-c3cc4[nH]c(=O)c5ccccc5n4n3)c2)CC1. The van der Waals surface area contributed by atoms with E-state index in [2.05, 4.69) is 16.9 Å². The number of benzene rings is 2. The molecular formula is C22H21N5O2. The first-order valence-electron chi connectivity index (χ1n) is 9.69. The van der Waals surface area contributed by atoms with Crippen LogP contribution in [0, 0.1) is 0 Å². The fourth-order valence-corrected chi connectivity index (χ4v) is 3.83. The summed E-state index contributed by atoms with van der Waals surface area (Å²) in [6.45, 7) is 3.25. The number of hydrogen-bond acceptors (Lipinski definition) is 4. The summed E-state index contributed by atoms with van der Waals surface area (Å²) in [7, 11) is 2.07. The Kier molecular flexibility index (Phi) is 4.17. The zero-order valence-corrected chi connectivity index (χ0v) is 16.1. The standard InChI is InChI=1S/C22H21N5O2/c1-25-9-11-26(12-10-25)22(29)16-6-4-5-15(13-16)18-14-20-23-21(28)17-7-2-3-8-19(17)27(20)24-18/h2-8,13-14H,9-12H2,1H3,(H,23,28). The van der Waals surface area contributed by atoms with E-state index >= 15 is 0 Å². The molecule has 1 aliphatic heterocycles. The van der Waals surface area contributed by atoms with Crippen molar-refractivity contribution in [3.05, 3.63) is 70.5 Å². The maximum atomic E-state index is 12.9. The minimum Gasteiger partial charge on any atom is -0.336 e. The molecule has 1 amide bonds. The first kappa shape index (κ1) is 17.6. The van der Waals surface area contributed by atoms with E-state index in [0.29, 0.717) is 22.3 Å². The Bertz CT molecular complexity index is 1280. The number of piperazine rings is 1. The van der Waals surface area contributed by atoms with Crippen molar-refractivity contribution >= 4 is 22.5 Å². The van der Waals surface area contributed by atoms with Crippen LogP contribution in [0.4, 0.5) is 0 Å². The Morgan fingerprint density at radius 3 is 2.62 bits per heavy atom. The third-order valence-electron chi connectivity index (χ3n) is 5.52. The molecule has 0 saturated carbocycles. The molecule has 0 atom stereocenters. The number of likely N-dealkylation sites (N-methyl/N-ethyl adjacent to an activating group) is 1. The lowest BCUT2D eigenvalue weighted by Crippen LogP contribution is -2.47. The quantitative estimate of drug-likeness (QED) is 0.572. The van der Waals surface area contributed by atoms with Crippen molar-refractivity contribution in [2.24, 2.45) is 0 Å². The molecule has 0 spiro atoms. The highest BCUT2D eigenvalue weighted by molar-refractivity contribution is 5.95. The first-order chi connectivity index (χ1) is 14.1. The molecule has 29 heavy (non-hydrogen) atoms. The number of nitrogens with one attached hydrogen (secondary N) is 1. The summed E-state index contributed by atoms with van der Waals surface area (Å²) in [5, 5.41) is 5.28. The molecule has 0 aliphatic carbocycles. The number of nitrogens with zero attached hydrogens (tertiary/aromatic N) is 4. The number of H-pyrrole nitrogens is 1. The van der Waals surface area contributed by atoms with Gasteiger partial charge in [-0.25, -0.2) is 4.52 Å². The normalized spacial score (nSPS) is 15.3. The molecule has 146 valence electrons. The third-order valence-corrected chi connectivity index (χ3v) is 5.52. The number of amides is 1. The van der Waals surface area contributed by atoms with Crippen molar-refractivity contribution in [3.8, 4) is 11.3 Å². The summed E-state index contributed by atoms with van der Waals surface area (Å²) in [5.74, 6) is 0.0440. The van der Waals surface area contributed by atoms with Crippen LogP contribution in [-0.2, 0) is 0 Å². The van der Waals surface area contributed by atoms with Gasteiger partial charge in [-0.3, -0.25) is 9.59 Å². The highest BCUT2D eigenvalue weighted by Gasteiger charge is 2.21. The number of rotatable bonds is 2. The number of hydrogen-bond donors (Lipinski definition) is 1.